The molecule has 112 valence electrons. The first kappa shape index (κ1) is 13.1. The summed E-state index contributed by atoms with van der Waals surface area (Å²) < 4.78 is 5.39. The summed E-state index contributed by atoms with van der Waals surface area (Å²) in [5.74, 6) is 1.50. The van der Waals surface area contributed by atoms with Gasteiger partial charge in [0.05, 0.1) is 22.7 Å². The highest BCUT2D eigenvalue weighted by atomic mass is 16.3. The number of hydrogen-bond donors (Lipinski definition) is 2. The number of furan rings is 1. The Morgan fingerprint density at radius 3 is 2.77 bits per heavy atom. The van der Waals surface area contributed by atoms with Crippen LogP contribution in [0.4, 0.5) is 5.69 Å². The van der Waals surface area contributed by atoms with Crippen LogP contribution in [0, 0.1) is 0 Å². The van der Waals surface area contributed by atoms with Gasteiger partial charge < -0.3 is 14.7 Å². The van der Waals surface area contributed by atoms with Gasteiger partial charge in [0.2, 0.25) is 5.91 Å². The van der Waals surface area contributed by atoms with Gasteiger partial charge in [-0.05, 0) is 42.7 Å². The van der Waals surface area contributed by atoms with E-state index in [-0.39, 0.29) is 5.91 Å². The quantitative estimate of drug-likeness (QED) is 0.771. The molecule has 0 bridgehead atoms. The van der Waals surface area contributed by atoms with Crippen LogP contribution in [-0.4, -0.2) is 15.9 Å². The largest absolute Gasteiger partial charge is 0.461 e. The molecular weight excluding hydrogens is 278 g/mol. The molecule has 1 aromatic carbocycles. The number of aromatic amines is 1. The molecule has 5 nitrogen and oxygen atoms in total. The van der Waals surface area contributed by atoms with Crippen molar-refractivity contribution in [2.75, 3.05) is 5.32 Å². The number of carbonyl (C=O) groups is 1. The van der Waals surface area contributed by atoms with E-state index in [2.05, 4.69) is 29.1 Å². The van der Waals surface area contributed by atoms with Crippen molar-refractivity contribution in [3.05, 3.63) is 36.1 Å². The molecule has 0 aliphatic carbocycles. The summed E-state index contributed by atoms with van der Waals surface area (Å²) in [6.07, 6.45) is 3.19. The molecule has 0 fully saturated rings. The predicted octanol–water partition coefficient (Wildman–Crippen LogP) is 3.83. The normalized spacial score (nSPS) is 16.0. The molecule has 0 saturated carbocycles. The summed E-state index contributed by atoms with van der Waals surface area (Å²) in [5, 5.41) is 3.02. The van der Waals surface area contributed by atoms with Crippen molar-refractivity contribution in [1.29, 1.82) is 0 Å². The van der Waals surface area contributed by atoms with Gasteiger partial charge in [0.1, 0.15) is 0 Å². The number of aromatic nitrogens is 2. The SMILES string of the molecule is CCC1(CC)C(=O)Nc2cc3[nH]c(-c4ccco4)nc3cc21. The number of fused-ring (bicyclic) bond motifs is 2. The Labute approximate surface area is 127 Å². The van der Waals surface area contributed by atoms with Crippen LogP contribution in [0.3, 0.4) is 0 Å². The second-order valence-corrected chi connectivity index (χ2v) is 5.72. The Bertz CT molecular complexity index is 858. The number of imidazole rings is 1. The minimum Gasteiger partial charge on any atom is -0.461 e. The molecule has 0 unspecified atom stereocenters. The highest BCUT2D eigenvalue weighted by molar-refractivity contribution is 6.08. The van der Waals surface area contributed by atoms with Gasteiger partial charge in [-0.15, -0.1) is 0 Å². The molecule has 0 radical (unpaired) electrons. The van der Waals surface area contributed by atoms with E-state index in [1.54, 1.807) is 6.26 Å². The summed E-state index contributed by atoms with van der Waals surface area (Å²) in [7, 11) is 0. The number of hydrogen-bond acceptors (Lipinski definition) is 3. The lowest BCUT2D eigenvalue weighted by Crippen LogP contribution is -2.32. The highest BCUT2D eigenvalue weighted by Crippen LogP contribution is 2.44. The molecule has 4 rings (SSSR count). The zero-order valence-electron chi connectivity index (χ0n) is 12.6. The standard InChI is InChI=1S/C17H17N3O2/c1-3-17(4-2)10-8-12-13(9-11(10)20-16(17)21)19-15(18-12)14-6-5-7-22-14/h5-9H,3-4H2,1-2H3,(H,18,19)(H,20,21). The maximum Gasteiger partial charge on any atom is 0.235 e. The topological polar surface area (TPSA) is 70.9 Å². The third kappa shape index (κ3) is 1.59. The number of carbonyl (C=O) groups excluding carboxylic acids is 1. The van der Waals surface area contributed by atoms with E-state index in [0.717, 1.165) is 35.1 Å². The minimum atomic E-state index is -0.437. The molecule has 22 heavy (non-hydrogen) atoms. The van der Waals surface area contributed by atoms with Crippen LogP contribution >= 0.6 is 0 Å². The number of H-pyrrole nitrogens is 1. The van der Waals surface area contributed by atoms with Gasteiger partial charge in [-0.2, -0.15) is 0 Å². The minimum absolute atomic E-state index is 0.0893. The van der Waals surface area contributed by atoms with E-state index in [1.807, 2.05) is 24.3 Å². The van der Waals surface area contributed by atoms with Crippen molar-refractivity contribution >= 4 is 22.6 Å². The molecule has 2 N–H and O–H groups in total. The molecule has 1 aliphatic rings. The molecule has 3 aromatic rings. The van der Waals surface area contributed by atoms with Crippen LogP contribution in [-0.2, 0) is 10.2 Å². The Morgan fingerprint density at radius 2 is 2.09 bits per heavy atom. The van der Waals surface area contributed by atoms with Crippen molar-refractivity contribution in [2.45, 2.75) is 32.1 Å². The molecule has 0 saturated heterocycles. The first-order chi connectivity index (χ1) is 10.7. The second-order valence-electron chi connectivity index (χ2n) is 5.72. The molecule has 5 heteroatoms. The van der Waals surface area contributed by atoms with E-state index in [9.17, 15) is 4.79 Å². The van der Waals surface area contributed by atoms with Crippen LogP contribution in [0.15, 0.2) is 34.9 Å². The fraction of sp³-hybridized carbons (Fsp3) is 0.294. The van der Waals surface area contributed by atoms with Crippen LogP contribution in [0.1, 0.15) is 32.3 Å². The summed E-state index contributed by atoms with van der Waals surface area (Å²) in [6.45, 7) is 4.11. The Hall–Kier alpha value is -2.56. The fourth-order valence-corrected chi connectivity index (χ4v) is 3.40. The summed E-state index contributed by atoms with van der Waals surface area (Å²) in [5.41, 5.74) is 3.25. The van der Waals surface area contributed by atoms with Gasteiger partial charge in [0.25, 0.3) is 0 Å². The maximum absolute atomic E-state index is 12.4. The molecular formula is C17H17N3O2. The van der Waals surface area contributed by atoms with Crippen LogP contribution < -0.4 is 5.32 Å². The maximum atomic E-state index is 12.4. The average Bonchev–Trinajstić information content (AvgIpc) is 3.22. The van der Waals surface area contributed by atoms with E-state index < -0.39 is 5.41 Å². The molecule has 3 heterocycles. The molecule has 1 aliphatic heterocycles. The van der Waals surface area contributed by atoms with Gasteiger partial charge >= 0.3 is 0 Å². The molecule has 1 amide bonds. The van der Waals surface area contributed by atoms with Crippen LogP contribution in [0.2, 0.25) is 0 Å². The van der Waals surface area contributed by atoms with Gasteiger partial charge in [-0.25, -0.2) is 4.98 Å². The average molecular weight is 295 g/mol. The zero-order chi connectivity index (χ0) is 15.3. The fourth-order valence-electron chi connectivity index (χ4n) is 3.40. The summed E-state index contributed by atoms with van der Waals surface area (Å²) in [6, 6.07) is 7.70. The van der Waals surface area contributed by atoms with Crippen molar-refractivity contribution in [1.82, 2.24) is 9.97 Å². The monoisotopic (exact) mass is 295 g/mol. The molecule has 0 atom stereocenters. The zero-order valence-corrected chi connectivity index (χ0v) is 12.6. The van der Waals surface area contributed by atoms with Crippen molar-refractivity contribution in [3.8, 4) is 11.6 Å². The number of nitrogens with one attached hydrogen (secondary N) is 2. The van der Waals surface area contributed by atoms with Crippen LogP contribution in [0.25, 0.3) is 22.6 Å². The van der Waals surface area contributed by atoms with Gasteiger partial charge in [0, 0.05) is 5.69 Å². The Morgan fingerprint density at radius 1 is 1.27 bits per heavy atom. The third-order valence-corrected chi connectivity index (χ3v) is 4.78. The van der Waals surface area contributed by atoms with Crippen molar-refractivity contribution in [2.24, 2.45) is 0 Å². The van der Waals surface area contributed by atoms with E-state index in [1.165, 1.54) is 0 Å². The third-order valence-electron chi connectivity index (χ3n) is 4.78. The summed E-state index contributed by atoms with van der Waals surface area (Å²) in [4.78, 5) is 20.3. The predicted molar refractivity (Wildman–Crippen MR) is 84.7 cm³/mol. The lowest BCUT2D eigenvalue weighted by molar-refractivity contribution is -0.121. The Kier molecular flexibility index (Phi) is 2.66. The van der Waals surface area contributed by atoms with Crippen molar-refractivity contribution in [3.63, 3.8) is 0 Å². The van der Waals surface area contributed by atoms with E-state index in [0.29, 0.717) is 11.6 Å². The lowest BCUT2D eigenvalue weighted by atomic mass is 9.77. The smallest absolute Gasteiger partial charge is 0.235 e. The van der Waals surface area contributed by atoms with E-state index in [4.69, 9.17) is 4.42 Å². The molecule has 0 spiro atoms. The number of nitrogens with zero attached hydrogens (tertiary/aromatic N) is 1. The number of amides is 1. The first-order valence-corrected chi connectivity index (χ1v) is 7.57. The van der Waals surface area contributed by atoms with Crippen molar-refractivity contribution < 1.29 is 9.21 Å². The Balaban J connectivity index is 1.91. The number of rotatable bonds is 3. The number of anilines is 1. The molecule has 2 aromatic heterocycles. The van der Waals surface area contributed by atoms with E-state index >= 15 is 0 Å². The van der Waals surface area contributed by atoms with Crippen LogP contribution in [0.5, 0.6) is 0 Å². The highest BCUT2D eigenvalue weighted by Gasteiger charge is 2.44. The summed E-state index contributed by atoms with van der Waals surface area (Å²) >= 11 is 0. The second kappa shape index (κ2) is 4.47. The van der Waals surface area contributed by atoms with Gasteiger partial charge in [-0.1, -0.05) is 13.8 Å². The first-order valence-electron chi connectivity index (χ1n) is 7.57. The van der Waals surface area contributed by atoms with Gasteiger partial charge in [-0.3, -0.25) is 4.79 Å². The van der Waals surface area contributed by atoms with Gasteiger partial charge in [0.15, 0.2) is 11.6 Å². The lowest BCUT2D eigenvalue weighted by Gasteiger charge is -2.23. The number of benzene rings is 1.